The van der Waals surface area contributed by atoms with Crippen LogP contribution in [0.15, 0.2) is 47.9 Å². The summed E-state index contributed by atoms with van der Waals surface area (Å²) >= 11 is 6.73. The highest BCUT2D eigenvalue weighted by atomic mass is 32.2. The van der Waals surface area contributed by atoms with Crippen LogP contribution < -0.4 is 14.5 Å². The van der Waals surface area contributed by atoms with E-state index in [1.165, 1.54) is 16.8 Å². The summed E-state index contributed by atoms with van der Waals surface area (Å²) in [7, 11) is 1.58. The molecule has 1 saturated heterocycles. The van der Waals surface area contributed by atoms with Gasteiger partial charge >= 0.3 is 0 Å². The smallest absolute Gasteiger partial charge is 0.285 e. The fraction of sp³-hybridized carbons (Fsp3) is 0.200. The lowest BCUT2D eigenvalue weighted by Gasteiger charge is -2.20. The third kappa shape index (κ3) is 3.79. The number of carbonyl (C=O) groups is 1. The van der Waals surface area contributed by atoms with E-state index < -0.39 is 0 Å². The second-order valence-electron chi connectivity index (χ2n) is 5.93. The maximum absolute atomic E-state index is 12.9. The highest BCUT2D eigenvalue weighted by Crippen LogP contribution is 2.34. The number of hydrogen-bond acceptors (Lipinski definition) is 5. The summed E-state index contributed by atoms with van der Waals surface area (Å²) in [6.07, 6.45) is 3.48. The summed E-state index contributed by atoms with van der Waals surface area (Å²) in [6.45, 7) is 7.92. The topological polar surface area (TPSA) is 43.7 Å². The minimum absolute atomic E-state index is 0.140. The van der Waals surface area contributed by atoms with Crippen LogP contribution in [0.5, 0.6) is 11.5 Å². The number of aryl methyl sites for hydroxylation is 2. The zero-order valence-corrected chi connectivity index (χ0v) is 17.0. The summed E-state index contributed by atoms with van der Waals surface area (Å²) < 4.78 is 13.3. The summed E-state index contributed by atoms with van der Waals surface area (Å²) in [5.41, 5.74) is 2.74. The van der Waals surface area contributed by atoms with Gasteiger partial charge in [0.1, 0.15) is 6.61 Å². The Balaban J connectivity index is 1.91. The summed E-state index contributed by atoms with van der Waals surface area (Å²) in [5.74, 6) is 1.08. The molecule has 0 aliphatic carbocycles. The molecule has 1 aliphatic rings. The number of nitrogens with zero attached hydrogens (tertiary/aromatic N) is 2. The largest absolute Gasteiger partial charge is 0.493 e. The SMILES string of the molecule is C=CCOc1ccc(/C=C2/SC(=S)N(n3c(C)ccc3C)C2=O)cc1OC. The van der Waals surface area contributed by atoms with E-state index in [0.717, 1.165) is 17.0 Å². The predicted molar refractivity (Wildman–Crippen MR) is 114 cm³/mol. The van der Waals surface area contributed by atoms with E-state index in [-0.39, 0.29) is 5.91 Å². The van der Waals surface area contributed by atoms with E-state index in [2.05, 4.69) is 6.58 Å². The monoisotopic (exact) mass is 400 g/mol. The molecule has 1 aromatic carbocycles. The first-order chi connectivity index (χ1) is 13.0. The summed E-state index contributed by atoms with van der Waals surface area (Å²) in [4.78, 5) is 13.5. The third-order valence-electron chi connectivity index (χ3n) is 4.05. The van der Waals surface area contributed by atoms with Crippen molar-refractivity contribution in [2.45, 2.75) is 13.8 Å². The van der Waals surface area contributed by atoms with Crippen molar-refractivity contribution < 1.29 is 14.3 Å². The van der Waals surface area contributed by atoms with Crippen LogP contribution in [0.4, 0.5) is 0 Å². The second kappa shape index (κ2) is 8.02. The summed E-state index contributed by atoms with van der Waals surface area (Å²) in [6, 6.07) is 9.45. The highest BCUT2D eigenvalue weighted by Gasteiger charge is 2.34. The molecule has 27 heavy (non-hydrogen) atoms. The van der Waals surface area contributed by atoms with Gasteiger partial charge in [-0.05, 0) is 62.0 Å². The van der Waals surface area contributed by atoms with Gasteiger partial charge in [-0.25, -0.2) is 0 Å². The molecule has 1 aromatic heterocycles. The Morgan fingerprint density at radius 1 is 1.19 bits per heavy atom. The van der Waals surface area contributed by atoms with E-state index in [0.29, 0.717) is 27.3 Å². The van der Waals surface area contributed by atoms with Crippen molar-refractivity contribution >= 4 is 40.3 Å². The van der Waals surface area contributed by atoms with E-state index in [4.69, 9.17) is 21.7 Å². The first-order valence-corrected chi connectivity index (χ1v) is 9.53. The Hall–Kier alpha value is -2.51. The Labute approximate surface area is 168 Å². The van der Waals surface area contributed by atoms with Gasteiger partial charge in [0, 0.05) is 11.4 Å². The van der Waals surface area contributed by atoms with Gasteiger partial charge in [0.25, 0.3) is 5.91 Å². The lowest BCUT2D eigenvalue weighted by molar-refractivity contribution is -0.114. The number of aromatic nitrogens is 1. The molecule has 7 heteroatoms. The van der Waals surface area contributed by atoms with Crippen LogP contribution in [0.2, 0.25) is 0 Å². The first kappa shape index (κ1) is 19.3. The predicted octanol–water partition coefficient (Wildman–Crippen LogP) is 4.22. The molecule has 5 nitrogen and oxygen atoms in total. The molecule has 0 radical (unpaired) electrons. The number of thiocarbonyl (C=S) groups is 1. The molecule has 0 N–H and O–H groups in total. The number of methoxy groups -OCH3 is 1. The van der Waals surface area contributed by atoms with Crippen molar-refractivity contribution in [1.82, 2.24) is 4.68 Å². The normalized spacial score (nSPS) is 15.5. The lowest BCUT2D eigenvalue weighted by Crippen LogP contribution is -2.39. The van der Waals surface area contributed by atoms with Gasteiger partial charge < -0.3 is 9.47 Å². The molecule has 1 fully saturated rings. The molecule has 1 aliphatic heterocycles. The fourth-order valence-electron chi connectivity index (χ4n) is 2.80. The van der Waals surface area contributed by atoms with Gasteiger partial charge in [0.2, 0.25) is 0 Å². The molecule has 140 valence electrons. The maximum Gasteiger partial charge on any atom is 0.285 e. The van der Waals surface area contributed by atoms with Crippen molar-refractivity contribution in [3.63, 3.8) is 0 Å². The molecule has 3 rings (SSSR count). The number of ether oxygens (including phenoxy) is 2. The molecule has 2 aromatic rings. The minimum atomic E-state index is -0.140. The van der Waals surface area contributed by atoms with Gasteiger partial charge in [-0.1, -0.05) is 30.5 Å². The van der Waals surface area contributed by atoms with Crippen molar-refractivity contribution in [3.8, 4) is 11.5 Å². The molecule has 0 saturated carbocycles. The van der Waals surface area contributed by atoms with E-state index in [1.807, 2.05) is 54.9 Å². The van der Waals surface area contributed by atoms with E-state index >= 15 is 0 Å². The molecule has 0 spiro atoms. The van der Waals surface area contributed by atoms with Crippen LogP contribution in [-0.2, 0) is 4.79 Å². The number of amides is 1. The molecule has 1 amide bonds. The quantitative estimate of drug-likeness (QED) is 0.413. The molecular formula is C20H20N2O3S2. The third-order valence-corrected chi connectivity index (χ3v) is 5.33. The molecule has 2 heterocycles. The fourth-order valence-corrected chi connectivity index (χ4v) is 4.04. The van der Waals surface area contributed by atoms with Crippen LogP contribution in [0, 0.1) is 13.8 Å². The number of carbonyl (C=O) groups excluding carboxylic acids is 1. The van der Waals surface area contributed by atoms with Crippen molar-refractivity contribution in [2.75, 3.05) is 18.7 Å². The average molecular weight is 401 g/mol. The zero-order valence-electron chi connectivity index (χ0n) is 15.4. The Morgan fingerprint density at radius 3 is 2.52 bits per heavy atom. The van der Waals surface area contributed by atoms with Crippen molar-refractivity contribution in [3.05, 3.63) is 64.8 Å². The number of thioether (sulfide) groups is 1. The average Bonchev–Trinajstić information content (AvgIpc) is 3.11. The van der Waals surface area contributed by atoms with Crippen molar-refractivity contribution in [1.29, 1.82) is 0 Å². The standard InChI is InChI=1S/C20H20N2O3S2/c1-5-10-25-16-9-8-15(11-17(16)24-4)12-18-19(23)22(20(26)27-18)21-13(2)6-7-14(21)3/h5-9,11-12H,1,10H2,2-4H3/b18-12+. The Kier molecular flexibility index (Phi) is 5.72. The minimum Gasteiger partial charge on any atom is -0.493 e. The van der Waals surface area contributed by atoms with Crippen LogP contribution in [0.1, 0.15) is 17.0 Å². The van der Waals surface area contributed by atoms with E-state index in [9.17, 15) is 4.79 Å². The Bertz CT molecular complexity index is 927. The Morgan fingerprint density at radius 2 is 1.89 bits per heavy atom. The van der Waals surface area contributed by atoms with Gasteiger partial charge in [0.05, 0.1) is 12.0 Å². The lowest BCUT2D eigenvalue weighted by atomic mass is 10.2. The van der Waals surface area contributed by atoms with Crippen molar-refractivity contribution in [2.24, 2.45) is 0 Å². The summed E-state index contributed by atoms with van der Waals surface area (Å²) in [5, 5.41) is 1.54. The van der Waals surface area contributed by atoms with Crippen LogP contribution in [-0.4, -0.2) is 28.6 Å². The van der Waals surface area contributed by atoms with Gasteiger partial charge in [-0.15, -0.1) is 0 Å². The number of hydrogen-bond donors (Lipinski definition) is 0. The molecule has 0 bridgehead atoms. The van der Waals surface area contributed by atoms with Crippen LogP contribution in [0.3, 0.4) is 0 Å². The maximum atomic E-state index is 12.9. The molecule has 0 atom stereocenters. The van der Waals surface area contributed by atoms with Crippen LogP contribution >= 0.6 is 24.0 Å². The number of rotatable bonds is 6. The zero-order chi connectivity index (χ0) is 19.6. The van der Waals surface area contributed by atoms with E-state index in [1.54, 1.807) is 13.2 Å². The molecular weight excluding hydrogens is 380 g/mol. The first-order valence-electron chi connectivity index (χ1n) is 8.31. The van der Waals surface area contributed by atoms with Gasteiger partial charge in [0.15, 0.2) is 15.8 Å². The molecule has 0 unspecified atom stereocenters. The highest BCUT2D eigenvalue weighted by molar-refractivity contribution is 8.27. The second-order valence-corrected chi connectivity index (χ2v) is 7.61. The van der Waals surface area contributed by atoms with Crippen LogP contribution in [0.25, 0.3) is 6.08 Å². The number of benzene rings is 1. The van der Waals surface area contributed by atoms with Gasteiger partial charge in [-0.3, -0.25) is 9.47 Å². The van der Waals surface area contributed by atoms with Gasteiger partial charge in [-0.2, -0.15) is 5.01 Å².